The van der Waals surface area contributed by atoms with Crippen molar-refractivity contribution in [1.82, 2.24) is 9.97 Å². The quantitative estimate of drug-likeness (QED) is 0.701. The molecule has 126 valence electrons. The second kappa shape index (κ2) is 7.09. The molecule has 0 fully saturated rings. The number of nitrogens with one attached hydrogen (secondary N) is 2. The van der Waals surface area contributed by atoms with Gasteiger partial charge in [0.15, 0.2) is 5.78 Å². The van der Waals surface area contributed by atoms with Gasteiger partial charge in [0.2, 0.25) is 5.91 Å². The number of aromatic amines is 1. The maximum Gasteiger partial charge on any atom is 0.251 e. The number of aryl methyl sites for hydroxylation is 1. The van der Waals surface area contributed by atoms with E-state index in [1.807, 2.05) is 6.07 Å². The first-order chi connectivity index (χ1) is 12.0. The summed E-state index contributed by atoms with van der Waals surface area (Å²) in [6.07, 6.45) is 3.27. The molecule has 2 N–H and O–H groups in total. The van der Waals surface area contributed by atoms with Gasteiger partial charge in [-0.05, 0) is 42.6 Å². The number of fused-ring (bicyclic) bond motifs is 1. The third kappa shape index (κ3) is 3.98. The molecule has 1 amide bonds. The molecule has 0 saturated heterocycles. The van der Waals surface area contributed by atoms with Crippen molar-refractivity contribution in [2.24, 2.45) is 0 Å². The molecule has 3 rings (SSSR count). The highest BCUT2D eigenvalue weighted by Crippen LogP contribution is 2.17. The Kier molecular flexibility index (Phi) is 4.70. The highest BCUT2D eigenvalue weighted by atomic mass is 16.2. The van der Waals surface area contributed by atoms with Gasteiger partial charge in [-0.2, -0.15) is 0 Å². The van der Waals surface area contributed by atoms with Crippen molar-refractivity contribution in [2.45, 2.75) is 19.8 Å². The van der Waals surface area contributed by atoms with E-state index in [0.717, 1.165) is 5.39 Å². The topological polar surface area (TPSA) is 91.9 Å². The van der Waals surface area contributed by atoms with Gasteiger partial charge in [-0.15, -0.1) is 0 Å². The molecule has 2 aromatic heterocycles. The van der Waals surface area contributed by atoms with Crippen LogP contribution in [0.25, 0.3) is 10.9 Å². The van der Waals surface area contributed by atoms with Gasteiger partial charge in [-0.3, -0.25) is 19.4 Å². The summed E-state index contributed by atoms with van der Waals surface area (Å²) in [6.45, 7) is 1.74. The standard InChI is InChI=1S/C19H17N3O3/c1-12-9-13-4-5-15(10-16(13)22-19(12)25)21-18(24)7-6-17(23)14-3-2-8-20-11-14/h2-5,8-11H,6-7H2,1H3,(H,21,24)(H,22,25). The first-order valence-corrected chi connectivity index (χ1v) is 7.90. The van der Waals surface area contributed by atoms with E-state index in [-0.39, 0.29) is 30.1 Å². The van der Waals surface area contributed by atoms with Crippen LogP contribution in [0.1, 0.15) is 28.8 Å². The Hall–Kier alpha value is -3.28. The lowest BCUT2D eigenvalue weighted by Gasteiger charge is -2.07. The average molecular weight is 335 g/mol. The normalized spacial score (nSPS) is 10.6. The summed E-state index contributed by atoms with van der Waals surface area (Å²) in [4.78, 5) is 42.4. The number of hydrogen-bond donors (Lipinski definition) is 2. The van der Waals surface area contributed by atoms with Crippen LogP contribution in [-0.4, -0.2) is 21.7 Å². The number of hydrogen-bond acceptors (Lipinski definition) is 4. The van der Waals surface area contributed by atoms with Crippen LogP contribution in [0.2, 0.25) is 0 Å². The SMILES string of the molecule is Cc1cc2ccc(NC(=O)CCC(=O)c3cccnc3)cc2[nH]c1=O. The van der Waals surface area contributed by atoms with Gasteiger partial charge >= 0.3 is 0 Å². The van der Waals surface area contributed by atoms with Crippen molar-refractivity contribution in [3.05, 3.63) is 70.3 Å². The fourth-order valence-corrected chi connectivity index (χ4v) is 2.51. The predicted molar refractivity (Wildman–Crippen MR) is 95.7 cm³/mol. The lowest BCUT2D eigenvalue weighted by Crippen LogP contribution is -2.14. The van der Waals surface area contributed by atoms with E-state index in [1.54, 1.807) is 43.5 Å². The van der Waals surface area contributed by atoms with Gasteiger partial charge in [0.25, 0.3) is 5.56 Å². The number of pyridine rings is 2. The summed E-state index contributed by atoms with van der Waals surface area (Å²) >= 11 is 0. The van der Waals surface area contributed by atoms with Gasteiger partial charge in [0.1, 0.15) is 0 Å². The number of Topliss-reactive ketones (excluding diaryl/α,β-unsaturated/α-hetero) is 1. The molecular weight excluding hydrogens is 318 g/mol. The highest BCUT2D eigenvalue weighted by Gasteiger charge is 2.10. The van der Waals surface area contributed by atoms with Crippen LogP contribution in [0.5, 0.6) is 0 Å². The fourth-order valence-electron chi connectivity index (χ4n) is 2.51. The lowest BCUT2D eigenvalue weighted by atomic mass is 10.1. The van der Waals surface area contributed by atoms with Crippen LogP contribution in [-0.2, 0) is 4.79 Å². The predicted octanol–water partition coefficient (Wildman–Crippen LogP) is 2.83. The number of benzene rings is 1. The Morgan fingerprint density at radius 1 is 1.16 bits per heavy atom. The van der Waals surface area contributed by atoms with Crippen LogP contribution in [0.15, 0.2) is 53.6 Å². The Bertz CT molecular complexity index is 994. The first-order valence-electron chi connectivity index (χ1n) is 7.90. The Balaban J connectivity index is 1.65. The molecule has 0 aliphatic heterocycles. The largest absolute Gasteiger partial charge is 0.326 e. The molecule has 6 heteroatoms. The molecule has 0 saturated carbocycles. The third-order valence-electron chi connectivity index (χ3n) is 3.88. The van der Waals surface area contributed by atoms with Gasteiger partial charge in [0.05, 0.1) is 5.52 Å². The number of amides is 1. The van der Waals surface area contributed by atoms with Crippen LogP contribution >= 0.6 is 0 Å². The fraction of sp³-hybridized carbons (Fsp3) is 0.158. The zero-order chi connectivity index (χ0) is 17.8. The molecule has 0 spiro atoms. The van der Waals surface area contributed by atoms with E-state index in [0.29, 0.717) is 22.3 Å². The van der Waals surface area contributed by atoms with E-state index in [2.05, 4.69) is 15.3 Å². The van der Waals surface area contributed by atoms with Gasteiger partial charge in [-0.1, -0.05) is 6.07 Å². The number of carbonyl (C=O) groups is 2. The van der Waals surface area contributed by atoms with Crippen molar-refractivity contribution >= 4 is 28.3 Å². The molecule has 2 heterocycles. The minimum Gasteiger partial charge on any atom is -0.326 e. The molecule has 0 radical (unpaired) electrons. The number of carbonyl (C=O) groups excluding carboxylic acids is 2. The van der Waals surface area contributed by atoms with E-state index in [9.17, 15) is 14.4 Å². The summed E-state index contributed by atoms with van der Waals surface area (Å²) in [5.74, 6) is -0.382. The van der Waals surface area contributed by atoms with Crippen molar-refractivity contribution < 1.29 is 9.59 Å². The molecule has 1 aromatic carbocycles. The molecule has 0 aliphatic carbocycles. The molecule has 6 nitrogen and oxygen atoms in total. The molecule has 3 aromatic rings. The van der Waals surface area contributed by atoms with Crippen LogP contribution in [0.4, 0.5) is 5.69 Å². The van der Waals surface area contributed by atoms with E-state index < -0.39 is 0 Å². The number of nitrogens with zero attached hydrogens (tertiary/aromatic N) is 1. The Morgan fingerprint density at radius 2 is 2.00 bits per heavy atom. The number of anilines is 1. The molecule has 0 unspecified atom stereocenters. The van der Waals surface area contributed by atoms with Gasteiger partial charge in [0, 0.05) is 42.0 Å². The molecule has 0 atom stereocenters. The minimum absolute atomic E-state index is 0.0795. The third-order valence-corrected chi connectivity index (χ3v) is 3.88. The van der Waals surface area contributed by atoms with Gasteiger partial charge < -0.3 is 10.3 Å². The lowest BCUT2D eigenvalue weighted by molar-refractivity contribution is -0.116. The summed E-state index contributed by atoms with van der Waals surface area (Å²) in [5, 5.41) is 3.64. The number of rotatable bonds is 5. The summed E-state index contributed by atoms with van der Waals surface area (Å²) < 4.78 is 0. The molecular formula is C19H17N3O3. The monoisotopic (exact) mass is 335 g/mol. The number of H-pyrrole nitrogens is 1. The Labute approximate surface area is 143 Å². The van der Waals surface area contributed by atoms with E-state index >= 15 is 0 Å². The molecule has 0 bridgehead atoms. The van der Waals surface area contributed by atoms with Crippen LogP contribution in [0.3, 0.4) is 0 Å². The second-order valence-electron chi connectivity index (χ2n) is 5.80. The highest BCUT2D eigenvalue weighted by molar-refractivity contribution is 6.00. The zero-order valence-electron chi connectivity index (χ0n) is 13.7. The molecule has 0 aliphatic rings. The van der Waals surface area contributed by atoms with Crippen molar-refractivity contribution in [1.29, 1.82) is 0 Å². The number of ketones is 1. The van der Waals surface area contributed by atoms with Crippen LogP contribution < -0.4 is 10.9 Å². The van der Waals surface area contributed by atoms with E-state index in [4.69, 9.17) is 0 Å². The number of aromatic nitrogens is 2. The summed E-state index contributed by atoms with van der Waals surface area (Å²) in [7, 11) is 0. The average Bonchev–Trinajstić information content (AvgIpc) is 2.61. The minimum atomic E-state index is -0.258. The van der Waals surface area contributed by atoms with Crippen molar-refractivity contribution in [3.8, 4) is 0 Å². The first kappa shape index (κ1) is 16.6. The summed E-state index contributed by atoms with van der Waals surface area (Å²) in [5.41, 5.74) is 2.20. The second-order valence-corrected chi connectivity index (χ2v) is 5.80. The van der Waals surface area contributed by atoms with E-state index in [1.165, 1.54) is 6.20 Å². The van der Waals surface area contributed by atoms with Crippen molar-refractivity contribution in [3.63, 3.8) is 0 Å². The van der Waals surface area contributed by atoms with Crippen molar-refractivity contribution in [2.75, 3.05) is 5.32 Å². The smallest absolute Gasteiger partial charge is 0.251 e. The Morgan fingerprint density at radius 3 is 2.76 bits per heavy atom. The maximum atomic E-state index is 12.1. The zero-order valence-corrected chi connectivity index (χ0v) is 13.7. The molecule has 25 heavy (non-hydrogen) atoms. The van der Waals surface area contributed by atoms with Crippen LogP contribution in [0, 0.1) is 6.92 Å². The van der Waals surface area contributed by atoms with Gasteiger partial charge in [-0.25, -0.2) is 0 Å². The maximum absolute atomic E-state index is 12.1. The summed E-state index contributed by atoms with van der Waals surface area (Å²) in [6, 6.07) is 10.5.